The number of nitrogens with two attached hydrogens (primary N) is 1. The molecule has 0 bridgehead atoms. The normalized spacial score (nSPS) is 10.4. The second-order valence-corrected chi connectivity index (χ2v) is 5.62. The van der Waals surface area contributed by atoms with Crippen molar-refractivity contribution in [2.24, 2.45) is 5.73 Å². The lowest BCUT2D eigenvalue weighted by Gasteiger charge is -2.13. The number of hydrogen-bond donors (Lipinski definition) is 2. The van der Waals surface area contributed by atoms with Gasteiger partial charge in [-0.05, 0) is 36.8 Å². The topological polar surface area (TPSA) is 38.0 Å². The lowest BCUT2D eigenvalue weighted by Crippen LogP contribution is -2.11. The summed E-state index contributed by atoms with van der Waals surface area (Å²) >= 11 is 8.03. The molecule has 0 aromatic heterocycles. The zero-order valence-electron chi connectivity index (χ0n) is 10.5. The van der Waals surface area contributed by atoms with E-state index in [1.54, 1.807) is 6.07 Å². The van der Waals surface area contributed by atoms with Gasteiger partial charge in [0.25, 0.3) is 0 Å². The maximum atomic E-state index is 14.0. The van der Waals surface area contributed by atoms with Crippen molar-refractivity contribution in [1.82, 2.24) is 0 Å². The summed E-state index contributed by atoms with van der Waals surface area (Å²) < 4.78 is 28.7. The van der Waals surface area contributed by atoms with Gasteiger partial charge in [-0.3, -0.25) is 0 Å². The minimum atomic E-state index is -0.743. The Morgan fingerprint density at radius 3 is 2.35 bits per heavy atom. The number of rotatable bonds is 3. The van der Waals surface area contributed by atoms with Crippen LogP contribution in [-0.4, -0.2) is 4.99 Å². The fourth-order valence-corrected chi connectivity index (χ4v) is 2.18. The summed E-state index contributed by atoms with van der Waals surface area (Å²) in [6.45, 7) is 1.84. The van der Waals surface area contributed by atoms with Crippen LogP contribution in [0.4, 0.5) is 20.2 Å². The second kappa shape index (κ2) is 5.85. The smallest absolute Gasteiger partial charge is 0.150 e. The summed E-state index contributed by atoms with van der Waals surface area (Å²) in [6, 6.07) is 7.66. The maximum absolute atomic E-state index is 14.0. The Balaban J connectivity index is 2.44. The average molecular weight is 357 g/mol. The number of anilines is 2. The third kappa shape index (κ3) is 3.13. The number of benzene rings is 2. The molecule has 3 N–H and O–H groups in total. The quantitative estimate of drug-likeness (QED) is 0.799. The van der Waals surface area contributed by atoms with Gasteiger partial charge in [0.05, 0.1) is 0 Å². The molecule has 0 unspecified atom stereocenters. The van der Waals surface area contributed by atoms with E-state index in [1.165, 1.54) is 0 Å². The molecule has 104 valence electrons. The van der Waals surface area contributed by atoms with E-state index in [-0.39, 0.29) is 16.2 Å². The molecule has 2 rings (SSSR count). The van der Waals surface area contributed by atoms with E-state index in [2.05, 4.69) is 21.2 Å². The van der Waals surface area contributed by atoms with Gasteiger partial charge in [0.2, 0.25) is 0 Å². The Labute approximate surface area is 129 Å². The first-order chi connectivity index (χ1) is 9.38. The van der Waals surface area contributed by atoms with E-state index in [9.17, 15) is 8.78 Å². The van der Waals surface area contributed by atoms with Crippen LogP contribution >= 0.6 is 28.1 Å². The third-order valence-electron chi connectivity index (χ3n) is 2.79. The van der Waals surface area contributed by atoms with Crippen molar-refractivity contribution in [1.29, 1.82) is 0 Å². The van der Waals surface area contributed by atoms with Crippen molar-refractivity contribution in [3.63, 3.8) is 0 Å². The first-order valence-corrected chi connectivity index (χ1v) is 6.90. The fraction of sp³-hybridized carbons (Fsp3) is 0.0714. The molecule has 0 aliphatic rings. The highest BCUT2D eigenvalue weighted by Gasteiger charge is 2.13. The van der Waals surface area contributed by atoms with Crippen molar-refractivity contribution >= 4 is 44.5 Å². The highest BCUT2D eigenvalue weighted by molar-refractivity contribution is 9.10. The largest absolute Gasteiger partial charge is 0.389 e. The second-order valence-electron chi connectivity index (χ2n) is 4.26. The predicted octanol–water partition coefficient (Wildman–Crippen LogP) is 4.41. The van der Waals surface area contributed by atoms with Gasteiger partial charge >= 0.3 is 0 Å². The number of hydrogen-bond acceptors (Lipinski definition) is 2. The van der Waals surface area contributed by atoms with Crippen molar-refractivity contribution in [3.05, 3.63) is 57.6 Å². The summed E-state index contributed by atoms with van der Waals surface area (Å²) in [7, 11) is 0. The van der Waals surface area contributed by atoms with Crippen LogP contribution in [0.1, 0.15) is 11.1 Å². The molecule has 0 radical (unpaired) electrons. The average Bonchev–Trinajstić information content (AvgIpc) is 2.37. The van der Waals surface area contributed by atoms with Crippen molar-refractivity contribution in [3.8, 4) is 0 Å². The van der Waals surface area contributed by atoms with Gasteiger partial charge in [0, 0.05) is 15.7 Å². The van der Waals surface area contributed by atoms with Gasteiger partial charge in [0.15, 0.2) is 0 Å². The number of aryl methyl sites for hydroxylation is 1. The van der Waals surface area contributed by atoms with Gasteiger partial charge in [0.1, 0.15) is 22.3 Å². The van der Waals surface area contributed by atoms with Crippen molar-refractivity contribution < 1.29 is 8.78 Å². The molecule has 0 heterocycles. The SMILES string of the molecule is Cc1ccc(Br)cc1Nc1c(F)cc(C(N)=S)cc1F. The molecule has 0 fully saturated rings. The van der Waals surface area contributed by atoms with Gasteiger partial charge in [-0.2, -0.15) is 0 Å². The highest BCUT2D eigenvalue weighted by atomic mass is 79.9. The molecule has 0 atom stereocenters. The number of halogens is 3. The highest BCUT2D eigenvalue weighted by Crippen LogP contribution is 2.28. The van der Waals surface area contributed by atoms with E-state index in [0.29, 0.717) is 5.69 Å². The van der Waals surface area contributed by atoms with Crippen LogP contribution in [0.3, 0.4) is 0 Å². The van der Waals surface area contributed by atoms with E-state index >= 15 is 0 Å². The molecular weight excluding hydrogens is 346 g/mol. The zero-order chi connectivity index (χ0) is 14.9. The standard InChI is InChI=1S/C14H11BrF2N2S/c1-7-2-3-9(15)6-12(7)19-13-10(16)4-8(14(18)20)5-11(13)17/h2-6,19H,1H3,(H2,18,20). The van der Waals surface area contributed by atoms with Gasteiger partial charge in [-0.15, -0.1) is 0 Å². The van der Waals surface area contributed by atoms with E-state index < -0.39 is 11.6 Å². The predicted molar refractivity (Wildman–Crippen MR) is 84.4 cm³/mol. The number of nitrogens with one attached hydrogen (secondary N) is 1. The molecule has 0 amide bonds. The molecule has 0 saturated carbocycles. The summed E-state index contributed by atoms with van der Waals surface area (Å²) in [6.07, 6.45) is 0. The lowest BCUT2D eigenvalue weighted by atomic mass is 10.1. The molecule has 6 heteroatoms. The molecule has 2 aromatic rings. The molecule has 0 saturated heterocycles. The molecule has 0 aliphatic heterocycles. The van der Waals surface area contributed by atoms with Crippen LogP contribution in [0.2, 0.25) is 0 Å². The first kappa shape index (κ1) is 14.9. The molecule has 2 nitrogen and oxygen atoms in total. The van der Waals surface area contributed by atoms with Crippen LogP contribution in [0.15, 0.2) is 34.8 Å². The summed E-state index contributed by atoms with van der Waals surface area (Å²) in [5.41, 5.74) is 6.78. The Morgan fingerprint density at radius 1 is 1.20 bits per heavy atom. The Morgan fingerprint density at radius 2 is 1.80 bits per heavy atom. The van der Waals surface area contributed by atoms with E-state index in [0.717, 1.165) is 22.2 Å². The Kier molecular flexibility index (Phi) is 4.35. The molecule has 0 aliphatic carbocycles. The summed E-state index contributed by atoms with van der Waals surface area (Å²) in [4.78, 5) is -0.0482. The molecule has 0 spiro atoms. The van der Waals surface area contributed by atoms with Gasteiger partial charge < -0.3 is 11.1 Å². The van der Waals surface area contributed by atoms with Crippen LogP contribution in [0, 0.1) is 18.6 Å². The minimum Gasteiger partial charge on any atom is -0.389 e. The van der Waals surface area contributed by atoms with Gasteiger partial charge in [-0.1, -0.05) is 34.2 Å². The molecule has 20 heavy (non-hydrogen) atoms. The summed E-state index contributed by atoms with van der Waals surface area (Å²) in [5.74, 6) is -1.49. The zero-order valence-corrected chi connectivity index (χ0v) is 12.9. The minimum absolute atomic E-state index is 0.0482. The Bertz CT molecular complexity index is 666. The summed E-state index contributed by atoms with van der Waals surface area (Å²) in [5, 5.41) is 2.75. The monoisotopic (exact) mass is 356 g/mol. The molecular formula is C14H11BrF2N2S. The van der Waals surface area contributed by atoms with Gasteiger partial charge in [-0.25, -0.2) is 8.78 Å². The first-order valence-electron chi connectivity index (χ1n) is 5.70. The maximum Gasteiger partial charge on any atom is 0.150 e. The Hall–Kier alpha value is -1.53. The van der Waals surface area contributed by atoms with Crippen LogP contribution in [0.25, 0.3) is 0 Å². The van der Waals surface area contributed by atoms with Crippen LogP contribution < -0.4 is 11.1 Å². The lowest BCUT2D eigenvalue weighted by molar-refractivity contribution is 0.590. The third-order valence-corrected chi connectivity index (χ3v) is 3.51. The van der Waals surface area contributed by atoms with Crippen molar-refractivity contribution in [2.75, 3.05) is 5.32 Å². The van der Waals surface area contributed by atoms with E-state index in [1.807, 2.05) is 19.1 Å². The van der Waals surface area contributed by atoms with Crippen molar-refractivity contribution in [2.45, 2.75) is 6.92 Å². The number of thiocarbonyl (C=S) groups is 1. The van der Waals surface area contributed by atoms with Crippen LogP contribution in [0.5, 0.6) is 0 Å². The van der Waals surface area contributed by atoms with E-state index in [4.69, 9.17) is 18.0 Å². The van der Waals surface area contributed by atoms with Crippen LogP contribution in [-0.2, 0) is 0 Å². The molecule has 2 aromatic carbocycles. The fourth-order valence-electron chi connectivity index (χ4n) is 1.70.